The second kappa shape index (κ2) is 7.61. The van der Waals surface area contributed by atoms with Gasteiger partial charge < -0.3 is 16.2 Å². The molecule has 0 aliphatic heterocycles. The van der Waals surface area contributed by atoms with E-state index < -0.39 is 11.7 Å². The minimum absolute atomic E-state index is 0.00529. The van der Waals surface area contributed by atoms with Gasteiger partial charge in [0.1, 0.15) is 5.82 Å². The van der Waals surface area contributed by atoms with Crippen molar-refractivity contribution in [2.24, 2.45) is 0 Å². The van der Waals surface area contributed by atoms with Crippen molar-refractivity contribution in [3.05, 3.63) is 42.0 Å². The fraction of sp³-hybridized carbons (Fsp3) is 0.222. The van der Waals surface area contributed by atoms with Gasteiger partial charge in [0.2, 0.25) is 5.95 Å². The SMILES string of the molecule is CSc1cccc(C(F)(F)F)c1-c1ccc2c(NCCO)nc(N)nc2c1. The fourth-order valence-electron chi connectivity index (χ4n) is 2.85. The molecule has 4 N–H and O–H groups in total. The average Bonchev–Trinajstić information content (AvgIpc) is 2.64. The zero-order valence-corrected chi connectivity index (χ0v) is 15.2. The molecule has 0 bridgehead atoms. The average molecular weight is 394 g/mol. The largest absolute Gasteiger partial charge is 0.417 e. The summed E-state index contributed by atoms with van der Waals surface area (Å²) in [6.45, 7) is 0.167. The molecule has 0 atom stereocenters. The lowest BCUT2D eigenvalue weighted by Gasteiger charge is -2.17. The van der Waals surface area contributed by atoms with Crippen LogP contribution >= 0.6 is 11.8 Å². The zero-order chi connectivity index (χ0) is 19.6. The Labute approximate surface area is 157 Å². The summed E-state index contributed by atoms with van der Waals surface area (Å²) in [6.07, 6.45) is -2.74. The van der Waals surface area contributed by atoms with Crippen LogP contribution in [-0.2, 0) is 6.18 Å². The van der Waals surface area contributed by atoms with Crippen molar-refractivity contribution in [1.82, 2.24) is 9.97 Å². The monoisotopic (exact) mass is 394 g/mol. The summed E-state index contributed by atoms with van der Waals surface area (Å²) >= 11 is 1.25. The maximum absolute atomic E-state index is 13.5. The first kappa shape index (κ1) is 19.2. The van der Waals surface area contributed by atoms with Crippen LogP contribution in [0.2, 0.25) is 0 Å². The quantitative estimate of drug-likeness (QED) is 0.567. The van der Waals surface area contributed by atoms with Gasteiger partial charge in [0.05, 0.1) is 17.7 Å². The number of nitrogen functional groups attached to an aromatic ring is 1. The zero-order valence-electron chi connectivity index (χ0n) is 14.3. The van der Waals surface area contributed by atoms with Gasteiger partial charge in [-0.25, -0.2) is 4.98 Å². The van der Waals surface area contributed by atoms with Crippen LogP contribution in [0.3, 0.4) is 0 Å². The molecule has 0 spiro atoms. The third-order valence-corrected chi connectivity index (χ3v) is 4.74. The molecule has 0 aliphatic rings. The van der Waals surface area contributed by atoms with Crippen molar-refractivity contribution in [2.45, 2.75) is 11.1 Å². The van der Waals surface area contributed by atoms with Crippen molar-refractivity contribution in [2.75, 3.05) is 30.5 Å². The summed E-state index contributed by atoms with van der Waals surface area (Å²) in [5.41, 5.74) is 5.96. The van der Waals surface area contributed by atoms with Crippen LogP contribution in [0.15, 0.2) is 41.3 Å². The molecule has 0 aliphatic carbocycles. The molecule has 27 heavy (non-hydrogen) atoms. The molecule has 1 heterocycles. The second-order valence-electron chi connectivity index (χ2n) is 5.69. The number of hydrogen-bond acceptors (Lipinski definition) is 6. The highest BCUT2D eigenvalue weighted by atomic mass is 32.2. The molecule has 5 nitrogen and oxygen atoms in total. The summed E-state index contributed by atoms with van der Waals surface area (Å²) < 4.78 is 40.6. The highest BCUT2D eigenvalue weighted by molar-refractivity contribution is 7.98. The Morgan fingerprint density at radius 1 is 1.19 bits per heavy atom. The van der Waals surface area contributed by atoms with E-state index in [1.54, 1.807) is 30.5 Å². The van der Waals surface area contributed by atoms with Crippen LogP contribution in [0.1, 0.15) is 5.56 Å². The number of thioether (sulfide) groups is 1. The first-order valence-electron chi connectivity index (χ1n) is 8.01. The number of nitrogens with two attached hydrogens (primary N) is 1. The van der Waals surface area contributed by atoms with Gasteiger partial charge in [-0.15, -0.1) is 11.8 Å². The molecule has 142 valence electrons. The summed E-state index contributed by atoms with van der Waals surface area (Å²) in [4.78, 5) is 8.76. The number of anilines is 2. The van der Waals surface area contributed by atoms with Gasteiger partial charge in [-0.3, -0.25) is 0 Å². The first-order valence-corrected chi connectivity index (χ1v) is 9.24. The van der Waals surface area contributed by atoms with Gasteiger partial charge in [0.15, 0.2) is 0 Å². The number of alkyl halides is 3. The van der Waals surface area contributed by atoms with Crippen LogP contribution < -0.4 is 11.1 Å². The lowest BCUT2D eigenvalue weighted by atomic mass is 9.98. The predicted molar refractivity (Wildman–Crippen MR) is 102 cm³/mol. The van der Waals surface area contributed by atoms with Crippen molar-refractivity contribution in [1.29, 1.82) is 0 Å². The predicted octanol–water partition coefficient (Wildman–Crippen LogP) is 4.02. The number of fused-ring (bicyclic) bond motifs is 1. The normalized spacial score (nSPS) is 11.7. The number of halogens is 3. The molecule has 3 rings (SSSR count). The van der Waals surface area contributed by atoms with E-state index in [1.807, 2.05) is 0 Å². The van der Waals surface area contributed by atoms with Gasteiger partial charge in [0, 0.05) is 22.4 Å². The van der Waals surface area contributed by atoms with Gasteiger partial charge in [-0.05, 0) is 36.1 Å². The smallest absolute Gasteiger partial charge is 0.395 e. The number of aliphatic hydroxyl groups excluding tert-OH is 1. The second-order valence-corrected chi connectivity index (χ2v) is 6.54. The van der Waals surface area contributed by atoms with Gasteiger partial charge in [0.25, 0.3) is 0 Å². The van der Waals surface area contributed by atoms with Crippen molar-refractivity contribution >= 4 is 34.4 Å². The van der Waals surface area contributed by atoms with Crippen molar-refractivity contribution < 1.29 is 18.3 Å². The molecular weight excluding hydrogens is 377 g/mol. The van der Waals surface area contributed by atoms with Crippen LogP contribution in [0.25, 0.3) is 22.0 Å². The van der Waals surface area contributed by atoms with E-state index in [0.29, 0.717) is 27.2 Å². The minimum atomic E-state index is -4.48. The van der Waals surface area contributed by atoms with Crippen LogP contribution in [-0.4, -0.2) is 34.5 Å². The standard InChI is InChI=1S/C18H17F3N4OS/c1-27-14-4-2-3-12(18(19,20)21)15(14)10-5-6-11-13(9-10)24-17(22)25-16(11)23-7-8-26/h2-6,9,26H,7-8H2,1H3,(H3,22,23,24,25). The van der Waals surface area contributed by atoms with E-state index in [-0.39, 0.29) is 24.7 Å². The molecule has 0 amide bonds. The number of hydrogen-bond donors (Lipinski definition) is 3. The minimum Gasteiger partial charge on any atom is -0.395 e. The molecule has 0 saturated carbocycles. The number of aliphatic hydroxyl groups is 1. The van der Waals surface area contributed by atoms with E-state index >= 15 is 0 Å². The highest BCUT2D eigenvalue weighted by Crippen LogP contribution is 2.42. The molecule has 0 fully saturated rings. The Kier molecular flexibility index (Phi) is 5.43. The van der Waals surface area contributed by atoms with Crippen LogP contribution in [0.4, 0.5) is 24.9 Å². The highest BCUT2D eigenvalue weighted by Gasteiger charge is 2.34. The first-order chi connectivity index (χ1) is 12.8. The molecule has 9 heteroatoms. The third-order valence-electron chi connectivity index (χ3n) is 3.96. The molecule has 0 unspecified atom stereocenters. The topological polar surface area (TPSA) is 84.1 Å². The number of rotatable bonds is 5. The Morgan fingerprint density at radius 3 is 2.63 bits per heavy atom. The van der Waals surface area contributed by atoms with Gasteiger partial charge in [-0.2, -0.15) is 18.2 Å². The number of aromatic nitrogens is 2. The number of benzene rings is 2. The van der Waals surface area contributed by atoms with Gasteiger partial charge >= 0.3 is 6.18 Å². The van der Waals surface area contributed by atoms with E-state index in [0.717, 1.165) is 6.07 Å². The maximum atomic E-state index is 13.5. The lowest BCUT2D eigenvalue weighted by Crippen LogP contribution is -2.10. The maximum Gasteiger partial charge on any atom is 0.417 e. The number of nitrogens with zero attached hydrogens (tertiary/aromatic N) is 2. The van der Waals surface area contributed by atoms with E-state index in [4.69, 9.17) is 10.8 Å². The summed E-state index contributed by atoms with van der Waals surface area (Å²) in [7, 11) is 0. The summed E-state index contributed by atoms with van der Waals surface area (Å²) in [6, 6.07) is 8.96. The molecule has 1 aromatic heterocycles. The van der Waals surface area contributed by atoms with Crippen LogP contribution in [0, 0.1) is 0 Å². The van der Waals surface area contributed by atoms with Crippen molar-refractivity contribution in [3.63, 3.8) is 0 Å². The molecule has 3 aromatic rings. The third kappa shape index (κ3) is 3.93. The molecular formula is C18H17F3N4OS. The van der Waals surface area contributed by atoms with E-state index in [1.165, 1.54) is 17.8 Å². The fourth-order valence-corrected chi connectivity index (χ4v) is 3.49. The van der Waals surface area contributed by atoms with Gasteiger partial charge in [-0.1, -0.05) is 12.1 Å². The molecule has 2 aromatic carbocycles. The number of nitrogens with one attached hydrogen (secondary N) is 1. The van der Waals surface area contributed by atoms with E-state index in [9.17, 15) is 13.2 Å². The summed E-state index contributed by atoms with van der Waals surface area (Å²) in [5.74, 6) is 0.418. The molecule has 0 saturated heterocycles. The Balaban J connectivity index is 2.22. The van der Waals surface area contributed by atoms with E-state index in [2.05, 4.69) is 15.3 Å². The Morgan fingerprint density at radius 2 is 1.96 bits per heavy atom. The summed E-state index contributed by atoms with van der Waals surface area (Å²) in [5, 5.41) is 12.5. The Hall–Kier alpha value is -2.52. The van der Waals surface area contributed by atoms with Crippen molar-refractivity contribution in [3.8, 4) is 11.1 Å². The van der Waals surface area contributed by atoms with Crippen LogP contribution in [0.5, 0.6) is 0 Å². The Bertz CT molecular complexity index is 979. The molecule has 0 radical (unpaired) electrons. The lowest BCUT2D eigenvalue weighted by molar-refractivity contribution is -0.137.